The van der Waals surface area contributed by atoms with E-state index in [-0.39, 0.29) is 11.8 Å². The summed E-state index contributed by atoms with van der Waals surface area (Å²) in [5.74, 6) is -0.0128. The van der Waals surface area contributed by atoms with Crippen LogP contribution in [0.1, 0.15) is 33.2 Å². The maximum atomic E-state index is 12.5. The standard InChI is InChI=1S/C18H20N2O3/c1-2-14-3-5-15(6-4-14)17(21)19-8-10-20(11-9-19)18(22)16-7-12-23-13-16/h3-7,12-13H,2,8-11H2,1H3. The first-order chi connectivity index (χ1) is 11.2. The van der Waals surface area contributed by atoms with Gasteiger partial charge >= 0.3 is 0 Å². The molecule has 0 saturated carbocycles. The normalized spacial score (nSPS) is 14.8. The Bertz CT molecular complexity index is 669. The second-order valence-electron chi connectivity index (χ2n) is 5.65. The average molecular weight is 312 g/mol. The zero-order chi connectivity index (χ0) is 16.2. The first-order valence-corrected chi connectivity index (χ1v) is 7.88. The van der Waals surface area contributed by atoms with Crippen LogP contribution >= 0.6 is 0 Å². The number of benzene rings is 1. The molecule has 1 aliphatic heterocycles. The summed E-state index contributed by atoms with van der Waals surface area (Å²) in [6, 6.07) is 9.40. The molecule has 5 nitrogen and oxygen atoms in total. The molecule has 0 N–H and O–H groups in total. The summed E-state index contributed by atoms with van der Waals surface area (Å²) in [5.41, 5.74) is 2.48. The van der Waals surface area contributed by atoms with Crippen molar-refractivity contribution in [1.82, 2.24) is 9.80 Å². The summed E-state index contributed by atoms with van der Waals surface area (Å²) in [7, 11) is 0. The Morgan fingerprint density at radius 2 is 1.48 bits per heavy atom. The number of carbonyl (C=O) groups excluding carboxylic acids is 2. The maximum absolute atomic E-state index is 12.5. The van der Waals surface area contributed by atoms with Crippen LogP contribution in [-0.2, 0) is 6.42 Å². The largest absolute Gasteiger partial charge is 0.472 e. The summed E-state index contributed by atoms with van der Waals surface area (Å²) >= 11 is 0. The number of carbonyl (C=O) groups is 2. The minimum atomic E-state index is -0.0434. The molecule has 1 aliphatic rings. The molecule has 0 radical (unpaired) electrons. The van der Waals surface area contributed by atoms with E-state index in [9.17, 15) is 9.59 Å². The van der Waals surface area contributed by atoms with Crippen LogP contribution in [0.2, 0.25) is 0 Å². The zero-order valence-corrected chi connectivity index (χ0v) is 13.2. The minimum absolute atomic E-state index is 0.0306. The second kappa shape index (κ2) is 6.69. The summed E-state index contributed by atoms with van der Waals surface area (Å²) in [6.45, 7) is 4.29. The number of furan rings is 1. The van der Waals surface area contributed by atoms with Crippen molar-refractivity contribution in [3.05, 3.63) is 59.5 Å². The summed E-state index contributed by atoms with van der Waals surface area (Å²) < 4.78 is 4.95. The van der Waals surface area contributed by atoms with Gasteiger partial charge in [-0.25, -0.2) is 0 Å². The number of amides is 2. The lowest BCUT2D eigenvalue weighted by atomic mass is 10.1. The number of aryl methyl sites for hydroxylation is 1. The van der Waals surface area contributed by atoms with Crippen molar-refractivity contribution >= 4 is 11.8 Å². The number of piperazine rings is 1. The zero-order valence-electron chi connectivity index (χ0n) is 13.2. The predicted octanol–water partition coefficient (Wildman–Crippen LogP) is 2.44. The van der Waals surface area contributed by atoms with E-state index >= 15 is 0 Å². The molecule has 5 heteroatoms. The van der Waals surface area contributed by atoms with E-state index in [1.165, 1.54) is 18.1 Å². The molecule has 0 spiro atoms. The van der Waals surface area contributed by atoms with Crippen molar-refractivity contribution in [2.45, 2.75) is 13.3 Å². The van der Waals surface area contributed by atoms with E-state index in [0.29, 0.717) is 37.3 Å². The third-order valence-corrected chi connectivity index (χ3v) is 4.23. The van der Waals surface area contributed by atoms with E-state index in [4.69, 9.17) is 4.42 Å². The molecule has 0 atom stereocenters. The van der Waals surface area contributed by atoms with E-state index in [0.717, 1.165) is 6.42 Å². The number of hydrogen-bond acceptors (Lipinski definition) is 3. The molecule has 3 rings (SSSR count). The Labute approximate surface area is 135 Å². The van der Waals surface area contributed by atoms with E-state index in [1.54, 1.807) is 15.9 Å². The fourth-order valence-corrected chi connectivity index (χ4v) is 2.75. The molecule has 0 bridgehead atoms. The maximum Gasteiger partial charge on any atom is 0.257 e. The van der Waals surface area contributed by atoms with Gasteiger partial charge in [-0.3, -0.25) is 9.59 Å². The molecule has 0 unspecified atom stereocenters. The number of hydrogen-bond donors (Lipinski definition) is 0. The van der Waals surface area contributed by atoms with E-state index < -0.39 is 0 Å². The average Bonchev–Trinajstić information content (AvgIpc) is 3.15. The molecule has 23 heavy (non-hydrogen) atoms. The van der Waals surface area contributed by atoms with Gasteiger partial charge in [-0.15, -0.1) is 0 Å². The van der Waals surface area contributed by atoms with Crippen molar-refractivity contribution in [3.63, 3.8) is 0 Å². The monoisotopic (exact) mass is 312 g/mol. The van der Waals surface area contributed by atoms with Gasteiger partial charge in [0, 0.05) is 31.7 Å². The van der Waals surface area contributed by atoms with Gasteiger partial charge in [0.05, 0.1) is 11.8 Å². The molecule has 2 aromatic rings. The SMILES string of the molecule is CCc1ccc(C(=O)N2CCN(C(=O)c3ccoc3)CC2)cc1. The quantitative estimate of drug-likeness (QED) is 0.875. The highest BCUT2D eigenvalue weighted by Gasteiger charge is 2.25. The lowest BCUT2D eigenvalue weighted by Gasteiger charge is -2.34. The molecule has 2 heterocycles. The lowest BCUT2D eigenvalue weighted by molar-refractivity contribution is 0.0535. The fraction of sp³-hybridized carbons (Fsp3) is 0.333. The van der Waals surface area contributed by atoms with E-state index in [2.05, 4.69) is 6.92 Å². The molecule has 1 aromatic heterocycles. The van der Waals surface area contributed by atoms with Crippen LogP contribution in [0.3, 0.4) is 0 Å². The van der Waals surface area contributed by atoms with Gasteiger partial charge in [0.15, 0.2) is 0 Å². The highest BCUT2D eigenvalue weighted by molar-refractivity contribution is 5.95. The van der Waals surface area contributed by atoms with Crippen molar-refractivity contribution in [3.8, 4) is 0 Å². The highest BCUT2D eigenvalue weighted by Crippen LogP contribution is 2.13. The van der Waals surface area contributed by atoms with Crippen molar-refractivity contribution < 1.29 is 14.0 Å². The van der Waals surface area contributed by atoms with Crippen molar-refractivity contribution in [2.75, 3.05) is 26.2 Å². The van der Waals surface area contributed by atoms with Gasteiger partial charge in [0.25, 0.3) is 11.8 Å². The van der Waals surface area contributed by atoms with Crippen LogP contribution in [0, 0.1) is 0 Å². The molecule has 0 aliphatic carbocycles. The molecule has 1 aromatic carbocycles. The molecule has 1 saturated heterocycles. The van der Waals surface area contributed by atoms with Gasteiger partial charge < -0.3 is 14.2 Å². The highest BCUT2D eigenvalue weighted by atomic mass is 16.3. The smallest absolute Gasteiger partial charge is 0.257 e. The van der Waals surface area contributed by atoms with Gasteiger partial charge in [-0.2, -0.15) is 0 Å². The van der Waals surface area contributed by atoms with Crippen LogP contribution in [-0.4, -0.2) is 47.8 Å². The first kappa shape index (κ1) is 15.3. The van der Waals surface area contributed by atoms with E-state index in [1.807, 2.05) is 24.3 Å². The Kier molecular flexibility index (Phi) is 4.46. The molecule has 2 amide bonds. The van der Waals surface area contributed by atoms with Gasteiger partial charge in [0.1, 0.15) is 6.26 Å². The van der Waals surface area contributed by atoms with Gasteiger partial charge in [-0.05, 0) is 30.2 Å². The molecule has 1 fully saturated rings. The second-order valence-corrected chi connectivity index (χ2v) is 5.65. The van der Waals surface area contributed by atoms with Crippen molar-refractivity contribution in [2.24, 2.45) is 0 Å². The third kappa shape index (κ3) is 3.28. The van der Waals surface area contributed by atoms with Crippen LogP contribution in [0.5, 0.6) is 0 Å². The predicted molar refractivity (Wildman–Crippen MR) is 86.3 cm³/mol. The number of nitrogens with zero attached hydrogens (tertiary/aromatic N) is 2. The lowest BCUT2D eigenvalue weighted by Crippen LogP contribution is -2.50. The Balaban J connectivity index is 1.59. The first-order valence-electron chi connectivity index (χ1n) is 7.88. The van der Waals surface area contributed by atoms with Gasteiger partial charge in [0.2, 0.25) is 0 Å². The summed E-state index contributed by atoms with van der Waals surface area (Å²) in [4.78, 5) is 28.3. The molecule has 120 valence electrons. The van der Waals surface area contributed by atoms with Crippen molar-refractivity contribution in [1.29, 1.82) is 0 Å². The van der Waals surface area contributed by atoms with Crippen LogP contribution < -0.4 is 0 Å². The summed E-state index contributed by atoms with van der Waals surface area (Å²) in [5, 5.41) is 0. The molecular formula is C18H20N2O3. The molecular weight excluding hydrogens is 292 g/mol. The third-order valence-electron chi connectivity index (χ3n) is 4.23. The Morgan fingerprint density at radius 1 is 0.913 bits per heavy atom. The minimum Gasteiger partial charge on any atom is -0.472 e. The van der Waals surface area contributed by atoms with Crippen LogP contribution in [0.15, 0.2) is 47.3 Å². The van der Waals surface area contributed by atoms with Crippen LogP contribution in [0.4, 0.5) is 0 Å². The fourth-order valence-electron chi connectivity index (χ4n) is 2.75. The topological polar surface area (TPSA) is 53.8 Å². The number of rotatable bonds is 3. The van der Waals surface area contributed by atoms with Crippen LogP contribution in [0.25, 0.3) is 0 Å². The summed E-state index contributed by atoms with van der Waals surface area (Å²) in [6.07, 6.45) is 3.91. The Morgan fingerprint density at radius 3 is 1.96 bits per heavy atom. The Hall–Kier alpha value is -2.56. The van der Waals surface area contributed by atoms with Gasteiger partial charge in [-0.1, -0.05) is 19.1 Å².